The second-order valence-electron chi connectivity index (χ2n) is 8.28. The molecule has 0 unspecified atom stereocenters. The Hall–Kier alpha value is -3.05. The minimum absolute atomic E-state index is 0.0619. The van der Waals surface area contributed by atoms with Gasteiger partial charge >= 0.3 is 0 Å². The highest BCUT2D eigenvalue weighted by atomic mass is 35.5. The van der Waals surface area contributed by atoms with E-state index in [1.165, 1.54) is 11.1 Å². The summed E-state index contributed by atoms with van der Waals surface area (Å²) in [5.41, 5.74) is 2.78. The van der Waals surface area contributed by atoms with Crippen LogP contribution in [0.1, 0.15) is 25.0 Å². The number of hydrogen-bond acceptors (Lipinski definition) is 4. The number of rotatable bonds is 2. The molecule has 5 heteroatoms. The maximum atomic E-state index is 12.7. The second-order valence-corrected chi connectivity index (χ2v) is 10.9. The summed E-state index contributed by atoms with van der Waals surface area (Å²) < 4.78 is 4.18. The predicted octanol–water partition coefficient (Wildman–Crippen LogP) is 8.61. The fourth-order valence-corrected chi connectivity index (χ4v) is 6.84. The molecule has 174 valence electrons. The minimum Gasteiger partial charge on any atom is -0.289 e. The topological polar surface area (TPSA) is 34.1 Å². The van der Waals surface area contributed by atoms with Crippen LogP contribution in [0.2, 0.25) is 5.02 Å². The summed E-state index contributed by atoms with van der Waals surface area (Å²) >= 11 is 9.24. The van der Waals surface area contributed by atoms with E-state index in [9.17, 15) is 9.59 Å². The monoisotopic (exact) mass is 514 g/mol. The van der Waals surface area contributed by atoms with Crippen molar-refractivity contribution in [1.29, 1.82) is 0 Å². The van der Waals surface area contributed by atoms with Crippen LogP contribution in [0.5, 0.6) is 0 Å². The first kappa shape index (κ1) is 23.7. The molecule has 2 aromatic heterocycles. The maximum absolute atomic E-state index is 12.7. The number of fused-ring (bicyclic) bond motifs is 4. The van der Waals surface area contributed by atoms with Crippen molar-refractivity contribution in [2.45, 2.75) is 26.7 Å². The van der Waals surface area contributed by atoms with E-state index >= 15 is 0 Å². The molecule has 0 amide bonds. The molecule has 0 radical (unpaired) electrons. The molecule has 0 aliphatic rings. The highest BCUT2D eigenvalue weighted by Gasteiger charge is 2.11. The molecule has 0 spiro atoms. The zero-order valence-corrected chi connectivity index (χ0v) is 21.8. The van der Waals surface area contributed by atoms with Gasteiger partial charge in [0.2, 0.25) is 0 Å². The third kappa shape index (κ3) is 4.38. The molecular formula is C30H23ClO2S2. The van der Waals surface area contributed by atoms with Gasteiger partial charge in [0.25, 0.3) is 0 Å². The summed E-state index contributed by atoms with van der Waals surface area (Å²) in [5.74, 6) is 0. The second kappa shape index (κ2) is 9.90. The smallest absolute Gasteiger partial charge is 0.196 e. The van der Waals surface area contributed by atoms with Crippen LogP contribution in [0, 0.1) is 0 Å². The Morgan fingerprint density at radius 2 is 1.20 bits per heavy atom. The molecule has 0 fully saturated rings. The van der Waals surface area contributed by atoms with E-state index < -0.39 is 0 Å². The number of benzene rings is 4. The Balaban J connectivity index is 0.000000147. The number of hydrogen-bond donors (Lipinski definition) is 0. The van der Waals surface area contributed by atoms with Gasteiger partial charge in [0.1, 0.15) is 0 Å². The lowest BCUT2D eigenvalue weighted by molar-refractivity contribution is 1.05. The van der Waals surface area contributed by atoms with Gasteiger partial charge in [-0.15, -0.1) is 22.7 Å². The van der Waals surface area contributed by atoms with E-state index in [0.29, 0.717) is 10.4 Å². The zero-order chi connectivity index (χ0) is 24.5. The van der Waals surface area contributed by atoms with Gasteiger partial charge in [0, 0.05) is 45.4 Å². The third-order valence-corrected chi connectivity index (χ3v) is 8.75. The maximum Gasteiger partial charge on any atom is 0.196 e. The average molecular weight is 515 g/mol. The van der Waals surface area contributed by atoms with Crippen molar-refractivity contribution in [2.24, 2.45) is 0 Å². The molecule has 4 aromatic carbocycles. The summed E-state index contributed by atoms with van der Waals surface area (Å²) in [6.45, 7) is 4.28. The molecule has 0 aliphatic heterocycles. The molecular weight excluding hydrogens is 492 g/mol. The molecule has 0 N–H and O–H groups in total. The lowest BCUT2D eigenvalue weighted by atomic mass is 9.98. The molecule has 0 aliphatic carbocycles. The minimum atomic E-state index is 0.0619. The Labute approximate surface area is 216 Å². The Kier molecular flexibility index (Phi) is 6.70. The zero-order valence-electron chi connectivity index (χ0n) is 19.4. The highest BCUT2D eigenvalue weighted by molar-refractivity contribution is 7.25. The van der Waals surface area contributed by atoms with E-state index in [-0.39, 0.29) is 10.9 Å². The fraction of sp³-hybridized carbons (Fsp3) is 0.133. The van der Waals surface area contributed by atoms with E-state index in [0.717, 1.165) is 47.8 Å². The quantitative estimate of drug-likeness (QED) is 0.217. The predicted molar refractivity (Wildman–Crippen MR) is 155 cm³/mol. The molecule has 0 saturated carbocycles. The summed E-state index contributed by atoms with van der Waals surface area (Å²) in [5, 5.41) is 3.86. The Morgan fingerprint density at radius 3 is 1.86 bits per heavy atom. The van der Waals surface area contributed by atoms with Gasteiger partial charge in [-0.25, -0.2) is 0 Å². The van der Waals surface area contributed by atoms with Crippen molar-refractivity contribution in [2.75, 3.05) is 0 Å². The van der Waals surface area contributed by atoms with Crippen molar-refractivity contribution in [3.8, 4) is 0 Å². The SMILES string of the molecule is CCc1ccc2sc3ccccc3c(=O)c2c1CC.O=c1c2ccccc2sc2ccc(Cl)cc12. The molecule has 0 bridgehead atoms. The Morgan fingerprint density at radius 1 is 0.629 bits per heavy atom. The van der Waals surface area contributed by atoms with Crippen LogP contribution >= 0.6 is 34.3 Å². The normalized spacial score (nSPS) is 11.2. The van der Waals surface area contributed by atoms with Crippen LogP contribution in [0.15, 0.2) is 88.5 Å². The fourth-order valence-electron chi connectivity index (χ4n) is 4.51. The molecule has 2 nitrogen and oxygen atoms in total. The summed E-state index contributed by atoms with van der Waals surface area (Å²) in [4.78, 5) is 24.9. The molecule has 6 rings (SSSR count). The summed E-state index contributed by atoms with van der Waals surface area (Å²) in [7, 11) is 0. The van der Waals surface area contributed by atoms with Gasteiger partial charge in [-0.05, 0) is 72.5 Å². The lowest BCUT2D eigenvalue weighted by Gasteiger charge is -2.10. The van der Waals surface area contributed by atoms with Gasteiger partial charge in [-0.3, -0.25) is 9.59 Å². The van der Waals surface area contributed by atoms with Crippen LogP contribution in [-0.2, 0) is 12.8 Å². The number of halogens is 1. The molecule has 6 aromatic rings. The first-order valence-corrected chi connectivity index (χ1v) is 13.6. The van der Waals surface area contributed by atoms with E-state index in [1.807, 2.05) is 60.7 Å². The van der Waals surface area contributed by atoms with Crippen LogP contribution < -0.4 is 10.9 Å². The average Bonchev–Trinajstić information content (AvgIpc) is 2.89. The molecule has 2 heterocycles. The van der Waals surface area contributed by atoms with Crippen LogP contribution in [0.4, 0.5) is 0 Å². The van der Waals surface area contributed by atoms with Gasteiger partial charge in [-0.1, -0.05) is 55.8 Å². The van der Waals surface area contributed by atoms with E-state index in [2.05, 4.69) is 26.0 Å². The lowest BCUT2D eigenvalue weighted by Crippen LogP contribution is -2.06. The van der Waals surface area contributed by atoms with E-state index in [4.69, 9.17) is 11.6 Å². The van der Waals surface area contributed by atoms with Gasteiger partial charge in [0.15, 0.2) is 10.9 Å². The number of aryl methyl sites for hydroxylation is 2. The molecule has 35 heavy (non-hydrogen) atoms. The largest absolute Gasteiger partial charge is 0.289 e. The first-order chi connectivity index (χ1) is 17.0. The van der Waals surface area contributed by atoms with Crippen molar-refractivity contribution in [1.82, 2.24) is 0 Å². The van der Waals surface area contributed by atoms with Crippen LogP contribution in [0.25, 0.3) is 40.3 Å². The third-order valence-electron chi connectivity index (χ3n) is 6.22. The van der Waals surface area contributed by atoms with E-state index in [1.54, 1.807) is 28.7 Å². The van der Waals surface area contributed by atoms with Crippen LogP contribution in [-0.4, -0.2) is 0 Å². The van der Waals surface area contributed by atoms with Crippen molar-refractivity contribution < 1.29 is 0 Å². The van der Waals surface area contributed by atoms with Crippen molar-refractivity contribution in [3.05, 3.63) is 115 Å². The van der Waals surface area contributed by atoms with Gasteiger partial charge < -0.3 is 0 Å². The first-order valence-electron chi connectivity index (χ1n) is 11.6. The van der Waals surface area contributed by atoms with Gasteiger partial charge in [0.05, 0.1) is 0 Å². The Bertz CT molecular complexity index is 1830. The van der Waals surface area contributed by atoms with Gasteiger partial charge in [-0.2, -0.15) is 0 Å². The highest BCUT2D eigenvalue weighted by Crippen LogP contribution is 2.29. The van der Waals surface area contributed by atoms with Crippen LogP contribution in [0.3, 0.4) is 0 Å². The molecule has 0 saturated heterocycles. The summed E-state index contributed by atoms with van der Waals surface area (Å²) in [6, 6.07) is 25.3. The van der Waals surface area contributed by atoms with Crippen molar-refractivity contribution >= 4 is 74.6 Å². The molecule has 0 atom stereocenters. The van der Waals surface area contributed by atoms with Crippen molar-refractivity contribution in [3.63, 3.8) is 0 Å². The summed E-state index contributed by atoms with van der Waals surface area (Å²) in [6.07, 6.45) is 1.90. The standard InChI is InChI=1S/C17H16OS.C13H7ClOS/c1-3-11-9-10-15-16(12(11)4-2)17(18)13-7-5-6-8-14(13)19-15;14-8-5-6-12-10(7-8)13(15)9-3-1-2-4-11(9)16-12/h5-10H,3-4H2,1-2H3;1-7H.